The van der Waals surface area contributed by atoms with Crippen molar-refractivity contribution >= 4 is 10.9 Å². The highest BCUT2D eigenvalue weighted by Gasteiger charge is 2.16. The fourth-order valence-corrected chi connectivity index (χ4v) is 2.42. The van der Waals surface area contributed by atoms with Gasteiger partial charge in [-0.3, -0.25) is 0 Å². The van der Waals surface area contributed by atoms with Gasteiger partial charge in [-0.1, -0.05) is 18.6 Å². The fraction of sp³-hybridized carbons (Fsp3) is 0.429. The van der Waals surface area contributed by atoms with E-state index in [9.17, 15) is 0 Å². The number of rotatable bonds is 4. The summed E-state index contributed by atoms with van der Waals surface area (Å²) in [6.07, 6.45) is 4.03. The minimum Gasteiger partial charge on any atom is -0.357 e. The zero-order valence-electron chi connectivity index (χ0n) is 10.00. The van der Waals surface area contributed by atoms with E-state index in [-0.39, 0.29) is 0 Å². The zero-order valence-corrected chi connectivity index (χ0v) is 10.00. The van der Waals surface area contributed by atoms with Crippen LogP contribution in [-0.4, -0.2) is 11.0 Å². The van der Waals surface area contributed by atoms with Crippen LogP contribution in [0.3, 0.4) is 0 Å². The van der Waals surface area contributed by atoms with Crippen molar-refractivity contribution in [2.24, 2.45) is 5.73 Å². The maximum Gasteiger partial charge on any atom is 0.0459 e. The number of fused-ring (bicyclic) bond motifs is 1. The number of hydrogen-bond donors (Lipinski definition) is 3. The Morgan fingerprint density at radius 1 is 1.35 bits per heavy atom. The number of H-pyrrole nitrogens is 1. The van der Waals surface area contributed by atoms with Gasteiger partial charge >= 0.3 is 0 Å². The highest BCUT2D eigenvalue weighted by molar-refractivity contribution is 5.83. The molecular weight excluding hydrogens is 210 g/mol. The molecule has 1 aliphatic rings. The first-order valence-corrected chi connectivity index (χ1v) is 6.40. The summed E-state index contributed by atoms with van der Waals surface area (Å²) in [6.45, 7) is 1.54. The second-order valence-electron chi connectivity index (χ2n) is 4.89. The standard InChI is InChI=1S/C14H19N3/c15-8-10-3-1-6-14-13(10)7-12(17-14)9-16-11-4-2-5-11/h1,3,6-7,11,16-17H,2,4-5,8-9,15H2. The predicted octanol–water partition coefficient (Wildman–Crippen LogP) is 2.27. The molecule has 4 N–H and O–H groups in total. The molecule has 0 aliphatic heterocycles. The Labute approximate surface area is 101 Å². The van der Waals surface area contributed by atoms with E-state index in [1.54, 1.807) is 0 Å². The summed E-state index contributed by atoms with van der Waals surface area (Å²) < 4.78 is 0. The number of aromatic nitrogens is 1. The molecule has 17 heavy (non-hydrogen) atoms. The molecule has 1 aromatic heterocycles. The van der Waals surface area contributed by atoms with Crippen molar-refractivity contribution in [1.29, 1.82) is 0 Å². The van der Waals surface area contributed by atoms with Crippen LogP contribution in [0.2, 0.25) is 0 Å². The smallest absolute Gasteiger partial charge is 0.0459 e. The summed E-state index contributed by atoms with van der Waals surface area (Å²) in [7, 11) is 0. The molecule has 1 saturated carbocycles. The van der Waals surface area contributed by atoms with Crippen LogP contribution in [-0.2, 0) is 13.1 Å². The van der Waals surface area contributed by atoms with Gasteiger partial charge in [-0.05, 0) is 30.5 Å². The van der Waals surface area contributed by atoms with Gasteiger partial charge in [0.1, 0.15) is 0 Å². The van der Waals surface area contributed by atoms with Crippen LogP contribution in [0.4, 0.5) is 0 Å². The average Bonchev–Trinajstić information content (AvgIpc) is 2.69. The Balaban J connectivity index is 1.80. The molecule has 3 nitrogen and oxygen atoms in total. The molecule has 0 radical (unpaired) electrons. The lowest BCUT2D eigenvalue weighted by Gasteiger charge is -2.26. The Kier molecular flexibility index (Phi) is 2.87. The minimum atomic E-state index is 0.602. The van der Waals surface area contributed by atoms with E-state index in [1.165, 1.54) is 41.4 Å². The molecule has 0 amide bonds. The van der Waals surface area contributed by atoms with Crippen molar-refractivity contribution < 1.29 is 0 Å². The number of nitrogens with two attached hydrogens (primary N) is 1. The van der Waals surface area contributed by atoms with Crippen LogP contribution in [0.15, 0.2) is 24.3 Å². The van der Waals surface area contributed by atoms with Gasteiger partial charge < -0.3 is 16.0 Å². The molecule has 2 aromatic rings. The topological polar surface area (TPSA) is 53.8 Å². The van der Waals surface area contributed by atoms with E-state index < -0.39 is 0 Å². The van der Waals surface area contributed by atoms with Crippen molar-refractivity contribution in [3.05, 3.63) is 35.5 Å². The molecule has 0 bridgehead atoms. The van der Waals surface area contributed by atoms with Crippen LogP contribution in [0.5, 0.6) is 0 Å². The van der Waals surface area contributed by atoms with Crippen molar-refractivity contribution in [2.45, 2.75) is 38.4 Å². The van der Waals surface area contributed by atoms with Gasteiger partial charge in [0.05, 0.1) is 0 Å². The Bertz CT molecular complexity index is 511. The maximum atomic E-state index is 5.75. The molecule has 90 valence electrons. The van der Waals surface area contributed by atoms with E-state index in [2.05, 4.69) is 34.6 Å². The molecule has 1 heterocycles. The first-order chi connectivity index (χ1) is 8.36. The molecule has 0 spiro atoms. The largest absolute Gasteiger partial charge is 0.357 e. The van der Waals surface area contributed by atoms with Crippen molar-refractivity contribution in [2.75, 3.05) is 0 Å². The molecule has 0 atom stereocenters. The van der Waals surface area contributed by atoms with Gasteiger partial charge in [0.2, 0.25) is 0 Å². The second kappa shape index (κ2) is 4.51. The number of nitrogens with one attached hydrogen (secondary N) is 2. The maximum absolute atomic E-state index is 5.75. The van der Waals surface area contributed by atoms with Gasteiger partial charge in [0.25, 0.3) is 0 Å². The Morgan fingerprint density at radius 2 is 2.24 bits per heavy atom. The van der Waals surface area contributed by atoms with Crippen molar-refractivity contribution in [3.63, 3.8) is 0 Å². The third-order valence-corrected chi connectivity index (χ3v) is 3.72. The molecule has 1 aliphatic carbocycles. The van der Waals surface area contributed by atoms with Gasteiger partial charge in [-0.25, -0.2) is 0 Å². The van der Waals surface area contributed by atoms with Crippen LogP contribution >= 0.6 is 0 Å². The lowest BCUT2D eigenvalue weighted by molar-refractivity contribution is 0.337. The first-order valence-electron chi connectivity index (χ1n) is 6.40. The highest BCUT2D eigenvalue weighted by Crippen LogP contribution is 2.21. The number of hydrogen-bond acceptors (Lipinski definition) is 2. The van der Waals surface area contributed by atoms with Gasteiger partial charge in [-0.2, -0.15) is 0 Å². The van der Waals surface area contributed by atoms with E-state index in [0.29, 0.717) is 6.54 Å². The lowest BCUT2D eigenvalue weighted by Crippen LogP contribution is -2.34. The summed E-state index contributed by atoms with van der Waals surface area (Å²) in [5.41, 5.74) is 9.41. The predicted molar refractivity (Wildman–Crippen MR) is 70.7 cm³/mol. The normalized spacial score (nSPS) is 16.3. The summed E-state index contributed by atoms with van der Waals surface area (Å²) in [6, 6.07) is 9.23. The molecule has 0 saturated heterocycles. The third-order valence-electron chi connectivity index (χ3n) is 3.72. The summed E-state index contributed by atoms with van der Waals surface area (Å²) in [5, 5.41) is 4.84. The SMILES string of the molecule is NCc1cccc2[nH]c(CNC3CCC3)cc12. The second-order valence-corrected chi connectivity index (χ2v) is 4.89. The van der Waals surface area contributed by atoms with E-state index in [4.69, 9.17) is 5.73 Å². The third kappa shape index (κ3) is 2.08. The molecule has 1 fully saturated rings. The Hall–Kier alpha value is -1.32. The molecular formula is C14H19N3. The molecule has 3 rings (SSSR count). The van der Waals surface area contributed by atoms with Gasteiger partial charge in [0.15, 0.2) is 0 Å². The van der Waals surface area contributed by atoms with E-state index in [1.807, 2.05) is 0 Å². The van der Waals surface area contributed by atoms with Crippen molar-refractivity contribution in [3.8, 4) is 0 Å². The average molecular weight is 229 g/mol. The monoisotopic (exact) mass is 229 g/mol. The Morgan fingerprint density at radius 3 is 2.94 bits per heavy atom. The summed E-state index contributed by atoms with van der Waals surface area (Å²) in [5.74, 6) is 0. The van der Waals surface area contributed by atoms with Crippen LogP contribution in [0, 0.1) is 0 Å². The quantitative estimate of drug-likeness (QED) is 0.753. The van der Waals surface area contributed by atoms with Gasteiger partial charge in [0, 0.05) is 35.7 Å². The number of aromatic amines is 1. The molecule has 0 unspecified atom stereocenters. The van der Waals surface area contributed by atoms with E-state index in [0.717, 1.165) is 12.6 Å². The van der Waals surface area contributed by atoms with E-state index >= 15 is 0 Å². The minimum absolute atomic E-state index is 0.602. The fourth-order valence-electron chi connectivity index (χ4n) is 2.42. The summed E-state index contributed by atoms with van der Waals surface area (Å²) >= 11 is 0. The highest BCUT2D eigenvalue weighted by atomic mass is 14.9. The first kappa shape index (κ1) is 10.8. The zero-order chi connectivity index (χ0) is 11.7. The lowest BCUT2D eigenvalue weighted by atomic mass is 9.93. The van der Waals surface area contributed by atoms with Crippen molar-refractivity contribution in [1.82, 2.24) is 10.3 Å². The van der Waals surface area contributed by atoms with Gasteiger partial charge in [-0.15, -0.1) is 0 Å². The van der Waals surface area contributed by atoms with Crippen LogP contribution in [0.1, 0.15) is 30.5 Å². The molecule has 1 aromatic carbocycles. The van der Waals surface area contributed by atoms with Crippen LogP contribution < -0.4 is 11.1 Å². The van der Waals surface area contributed by atoms with Crippen LogP contribution in [0.25, 0.3) is 10.9 Å². The summed E-state index contributed by atoms with van der Waals surface area (Å²) in [4.78, 5) is 3.46. The number of benzene rings is 1. The molecule has 3 heteroatoms.